The van der Waals surface area contributed by atoms with Gasteiger partial charge in [0, 0.05) is 25.2 Å². The first kappa shape index (κ1) is 16.7. The summed E-state index contributed by atoms with van der Waals surface area (Å²) in [6, 6.07) is 7.65. The molecule has 1 atom stereocenters. The van der Waals surface area contributed by atoms with Crippen LogP contribution in [-0.4, -0.2) is 30.3 Å². The molecule has 0 bridgehead atoms. The molecule has 1 fully saturated rings. The lowest BCUT2D eigenvalue weighted by atomic mass is 10.1. The topological polar surface area (TPSA) is 92.5 Å². The summed E-state index contributed by atoms with van der Waals surface area (Å²) < 4.78 is 32.4. The Balaban J connectivity index is 1.87. The monoisotopic (exact) mass is 349 g/mol. The van der Waals surface area contributed by atoms with Gasteiger partial charge in [-0.15, -0.1) is 0 Å². The Hall–Kier alpha value is -2.19. The van der Waals surface area contributed by atoms with Crippen LogP contribution in [0.2, 0.25) is 0 Å². The van der Waals surface area contributed by atoms with E-state index in [2.05, 4.69) is 10.5 Å². The Kier molecular flexibility index (Phi) is 4.42. The molecule has 24 heavy (non-hydrogen) atoms. The summed E-state index contributed by atoms with van der Waals surface area (Å²) in [6.45, 7) is 3.64. The summed E-state index contributed by atoms with van der Waals surface area (Å²) in [6.07, 6.45) is 1.49. The second kappa shape index (κ2) is 6.37. The molecule has 3 rings (SSSR count). The van der Waals surface area contributed by atoms with Gasteiger partial charge in [0.1, 0.15) is 11.5 Å². The van der Waals surface area contributed by atoms with Crippen LogP contribution in [0.4, 0.5) is 5.69 Å². The van der Waals surface area contributed by atoms with E-state index in [4.69, 9.17) is 4.52 Å². The fourth-order valence-electron chi connectivity index (χ4n) is 2.91. The van der Waals surface area contributed by atoms with E-state index in [1.165, 1.54) is 23.4 Å². The van der Waals surface area contributed by atoms with Crippen LogP contribution < -0.4 is 5.32 Å². The highest BCUT2D eigenvalue weighted by molar-refractivity contribution is 7.89. The maximum Gasteiger partial charge on any atom is 0.243 e. The van der Waals surface area contributed by atoms with Gasteiger partial charge in [0.15, 0.2) is 0 Å². The molecule has 0 aliphatic carbocycles. The number of aromatic nitrogens is 1. The zero-order chi connectivity index (χ0) is 17.3. The Morgan fingerprint density at radius 1 is 1.33 bits per heavy atom. The smallest absolute Gasteiger partial charge is 0.243 e. The Morgan fingerprint density at radius 3 is 2.62 bits per heavy atom. The predicted octanol–water partition coefficient (Wildman–Crippen LogP) is 2.47. The number of rotatable bonds is 4. The van der Waals surface area contributed by atoms with Gasteiger partial charge in [0.05, 0.1) is 10.9 Å². The number of sulfonamides is 1. The third-order valence-electron chi connectivity index (χ3n) is 3.97. The standard InChI is InChI=1S/C16H19N3O4S/c1-11-10-15(18-23-11)16-4-3-9-19(16)24(21,22)14-7-5-13(6-8-14)17-12(2)20/h5-8,10,16H,3-4,9H2,1-2H3,(H,17,20). The van der Waals surface area contributed by atoms with E-state index in [0.717, 1.165) is 12.8 Å². The first-order valence-electron chi connectivity index (χ1n) is 7.70. The van der Waals surface area contributed by atoms with Crippen LogP contribution in [0.1, 0.15) is 37.3 Å². The number of hydrogen-bond acceptors (Lipinski definition) is 5. The molecule has 7 nitrogen and oxygen atoms in total. The summed E-state index contributed by atoms with van der Waals surface area (Å²) in [4.78, 5) is 11.3. The Labute approximate surface area is 140 Å². The van der Waals surface area contributed by atoms with Gasteiger partial charge in [-0.2, -0.15) is 4.31 Å². The van der Waals surface area contributed by atoms with Gasteiger partial charge in [-0.05, 0) is 44.0 Å². The molecule has 0 radical (unpaired) electrons. The van der Waals surface area contributed by atoms with Crippen LogP contribution in [0.3, 0.4) is 0 Å². The number of carbonyl (C=O) groups excluding carboxylic acids is 1. The van der Waals surface area contributed by atoms with E-state index in [9.17, 15) is 13.2 Å². The van der Waals surface area contributed by atoms with Crippen molar-refractivity contribution < 1.29 is 17.7 Å². The molecule has 2 heterocycles. The molecule has 1 aromatic carbocycles. The minimum Gasteiger partial charge on any atom is -0.361 e. The highest BCUT2D eigenvalue weighted by atomic mass is 32.2. The van der Waals surface area contributed by atoms with E-state index in [1.807, 2.05) is 0 Å². The van der Waals surface area contributed by atoms with Gasteiger partial charge in [-0.3, -0.25) is 4.79 Å². The first-order valence-corrected chi connectivity index (χ1v) is 9.14. The van der Waals surface area contributed by atoms with Crippen molar-refractivity contribution in [1.29, 1.82) is 0 Å². The van der Waals surface area contributed by atoms with Crippen molar-refractivity contribution >= 4 is 21.6 Å². The zero-order valence-corrected chi connectivity index (χ0v) is 14.3. The second-order valence-electron chi connectivity index (χ2n) is 5.84. The lowest BCUT2D eigenvalue weighted by molar-refractivity contribution is -0.114. The van der Waals surface area contributed by atoms with Gasteiger partial charge in [0.25, 0.3) is 0 Å². The van der Waals surface area contributed by atoms with E-state index in [-0.39, 0.29) is 16.8 Å². The SMILES string of the molecule is CC(=O)Nc1ccc(S(=O)(=O)N2CCCC2c2cc(C)on2)cc1. The quantitative estimate of drug-likeness (QED) is 0.915. The highest BCUT2D eigenvalue weighted by Crippen LogP contribution is 2.36. The average Bonchev–Trinajstić information content (AvgIpc) is 3.15. The van der Waals surface area contributed by atoms with Crippen LogP contribution in [0, 0.1) is 6.92 Å². The number of nitrogens with one attached hydrogen (secondary N) is 1. The molecule has 1 saturated heterocycles. The lowest BCUT2D eigenvalue weighted by Gasteiger charge is -2.22. The minimum atomic E-state index is -3.63. The van der Waals surface area contributed by atoms with Crippen molar-refractivity contribution in [2.24, 2.45) is 0 Å². The van der Waals surface area contributed by atoms with Crippen LogP contribution in [0.5, 0.6) is 0 Å². The number of benzene rings is 1. The molecule has 1 aliphatic rings. The van der Waals surface area contributed by atoms with E-state index in [1.54, 1.807) is 25.1 Å². The normalized spacial score (nSPS) is 18.7. The largest absolute Gasteiger partial charge is 0.361 e. The molecule has 0 spiro atoms. The third-order valence-corrected chi connectivity index (χ3v) is 5.89. The molecular weight excluding hydrogens is 330 g/mol. The van der Waals surface area contributed by atoms with E-state index >= 15 is 0 Å². The van der Waals surface area contributed by atoms with Crippen molar-refractivity contribution in [2.45, 2.75) is 37.6 Å². The number of hydrogen-bond donors (Lipinski definition) is 1. The number of nitrogens with zero attached hydrogens (tertiary/aromatic N) is 2. The Bertz CT molecular complexity index is 842. The van der Waals surface area contributed by atoms with Crippen molar-refractivity contribution in [3.8, 4) is 0 Å². The molecule has 8 heteroatoms. The van der Waals surface area contributed by atoms with Crippen LogP contribution >= 0.6 is 0 Å². The van der Waals surface area contributed by atoms with Crippen LogP contribution in [0.25, 0.3) is 0 Å². The molecular formula is C16H19N3O4S. The van der Waals surface area contributed by atoms with Gasteiger partial charge in [-0.1, -0.05) is 5.16 Å². The third kappa shape index (κ3) is 3.20. The van der Waals surface area contributed by atoms with E-state index < -0.39 is 10.0 Å². The lowest BCUT2D eigenvalue weighted by Crippen LogP contribution is -2.30. The van der Waals surface area contributed by atoms with Crippen molar-refractivity contribution in [1.82, 2.24) is 9.46 Å². The van der Waals surface area contributed by atoms with Gasteiger partial charge in [0.2, 0.25) is 15.9 Å². The molecule has 1 aliphatic heterocycles. The van der Waals surface area contributed by atoms with Crippen LogP contribution in [0.15, 0.2) is 39.8 Å². The maximum atomic E-state index is 12.9. The molecule has 1 N–H and O–H groups in total. The molecule has 128 valence electrons. The molecule has 1 aromatic heterocycles. The molecule has 1 unspecified atom stereocenters. The average molecular weight is 349 g/mol. The van der Waals surface area contributed by atoms with E-state index in [0.29, 0.717) is 23.7 Å². The number of carbonyl (C=O) groups is 1. The molecule has 2 aromatic rings. The van der Waals surface area contributed by atoms with Crippen molar-refractivity contribution in [2.75, 3.05) is 11.9 Å². The van der Waals surface area contributed by atoms with Crippen molar-refractivity contribution in [3.63, 3.8) is 0 Å². The fraction of sp³-hybridized carbons (Fsp3) is 0.375. The summed E-state index contributed by atoms with van der Waals surface area (Å²) in [5.74, 6) is 0.459. The molecule has 1 amide bonds. The zero-order valence-electron chi connectivity index (χ0n) is 13.5. The van der Waals surface area contributed by atoms with Gasteiger partial charge in [-0.25, -0.2) is 8.42 Å². The first-order chi connectivity index (χ1) is 11.4. The minimum absolute atomic E-state index is 0.198. The van der Waals surface area contributed by atoms with Crippen LogP contribution in [-0.2, 0) is 14.8 Å². The number of amides is 1. The summed E-state index contributed by atoms with van der Waals surface area (Å²) in [5.41, 5.74) is 1.20. The number of anilines is 1. The van der Waals surface area contributed by atoms with Crippen molar-refractivity contribution in [3.05, 3.63) is 41.8 Å². The summed E-state index contributed by atoms with van der Waals surface area (Å²) >= 11 is 0. The summed E-state index contributed by atoms with van der Waals surface area (Å²) in [7, 11) is -3.63. The Morgan fingerprint density at radius 2 is 2.04 bits per heavy atom. The highest BCUT2D eigenvalue weighted by Gasteiger charge is 2.37. The second-order valence-corrected chi connectivity index (χ2v) is 7.73. The predicted molar refractivity (Wildman–Crippen MR) is 87.9 cm³/mol. The van der Waals surface area contributed by atoms with Gasteiger partial charge >= 0.3 is 0 Å². The fourth-order valence-corrected chi connectivity index (χ4v) is 4.58. The summed E-state index contributed by atoms with van der Waals surface area (Å²) in [5, 5.41) is 6.59. The molecule has 0 saturated carbocycles. The number of aryl methyl sites for hydroxylation is 1. The maximum absolute atomic E-state index is 12.9. The van der Waals surface area contributed by atoms with Gasteiger partial charge < -0.3 is 9.84 Å².